The highest BCUT2D eigenvalue weighted by atomic mass is 35.5. The lowest BCUT2D eigenvalue weighted by atomic mass is 9.77. The molecule has 6 nitrogen and oxygen atoms in total. The molecule has 1 fully saturated rings. The van der Waals surface area contributed by atoms with E-state index in [0.29, 0.717) is 36.9 Å². The molecule has 1 aliphatic rings. The Morgan fingerprint density at radius 3 is 2.76 bits per heavy atom. The Hall–Kier alpha value is -1.31. The number of hydrogen-bond acceptors (Lipinski definition) is 5. The molecule has 3 N–H and O–H groups in total. The van der Waals surface area contributed by atoms with Crippen LogP contribution in [0.5, 0.6) is 0 Å². The molecule has 1 aromatic rings. The molecule has 2 heterocycles. The molecule has 0 bridgehead atoms. The van der Waals surface area contributed by atoms with Crippen LogP contribution in [-0.2, 0) is 16.1 Å². The average molecular weight is 332 g/mol. The van der Waals surface area contributed by atoms with Gasteiger partial charge in [0.15, 0.2) is 5.84 Å². The van der Waals surface area contributed by atoms with E-state index in [1.54, 1.807) is 18.0 Å². The standard InChI is InChI=1S/C13H18ClN3O3S/c1-17(8-9-2-3-10(14)21-9)12(18)13(11(15)16-19)4-6-20-7-5-13/h2-3,19H,4-8H2,1H3,(H2,15,16). The maximum absolute atomic E-state index is 12.8. The van der Waals surface area contributed by atoms with Crippen molar-refractivity contribution in [3.8, 4) is 0 Å². The van der Waals surface area contributed by atoms with Gasteiger partial charge in [-0.3, -0.25) is 4.79 Å². The van der Waals surface area contributed by atoms with Gasteiger partial charge in [0, 0.05) is 25.1 Å². The molecule has 21 heavy (non-hydrogen) atoms. The summed E-state index contributed by atoms with van der Waals surface area (Å²) in [6, 6.07) is 3.69. The first-order valence-electron chi connectivity index (χ1n) is 6.55. The van der Waals surface area contributed by atoms with Gasteiger partial charge in [-0.15, -0.1) is 11.3 Å². The molecule has 0 aliphatic carbocycles. The highest BCUT2D eigenvalue weighted by molar-refractivity contribution is 7.16. The van der Waals surface area contributed by atoms with Gasteiger partial charge in [0.05, 0.1) is 10.9 Å². The highest BCUT2D eigenvalue weighted by Crippen LogP contribution is 2.34. The molecule has 1 amide bonds. The zero-order valence-corrected chi connectivity index (χ0v) is 13.3. The van der Waals surface area contributed by atoms with E-state index in [4.69, 9.17) is 27.3 Å². The van der Waals surface area contributed by atoms with Gasteiger partial charge in [0.1, 0.15) is 5.41 Å². The van der Waals surface area contributed by atoms with Crippen molar-refractivity contribution in [3.63, 3.8) is 0 Å². The number of thiophene rings is 1. The smallest absolute Gasteiger partial charge is 0.236 e. The fourth-order valence-electron chi connectivity index (χ4n) is 2.50. The number of ether oxygens (including phenoxy) is 1. The molecule has 0 unspecified atom stereocenters. The molecule has 0 radical (unpaired) electrons. The molecule has 0 atom stereocenters. The maximum atomic E-state index is 12.8. The van der Waals surface area contributed by atoms with Crippen LogP contribution in [0, 0.1) is 5.41 Å². The Bertz CT molecular complexity index is 541. The van der Waals surface area contributed by atoms with Crippen LogP contribution in [0.4, 0.5) is 0 Å². The minimum atomic E-state index is -0.983. The zero-order valence-electron chi connectivity index (χ0n) is 11.7. The Balaban J connectivity index is 2.17. The number of hydrogen-bond donors (Lipinski definition) is 2. The number of halogens is 1. The number of carbonyl (C=O) groups excluding carboxylic acids is 1. The van der Waals surface area contributed by atoms with Crippen LogP contribution in [0.15, 0.2) is 17.3 Å². The van der Waals surface area contributed by atoms with E-state index >= 15 is 0 Å². The third kappa shape index (κ3) is 3.30. The maximum Gasteiger partial charge on any atom is 0.236 e. The van der Waals surface area contributed by atoms with Crippen molar-refractivity contribution >= 4 is 34.7 Å². The van der Waals surface area contributed by atoms with Gasteiger partial charge >= 0.3 is 0 Å². The van der Waals surface area contributed by atoms with Crippen molar-refractivity contribution in [1.82, 2.24) is 4.90 Å². The minimum Gasteiger partial charge on any atom is -0.409 e. The Morgan fingerprint density at radius 2 is 2.24 bits per heavy atom. The number of nitrogens with zero attached hydrogens (tertiary/aromatic N) is 2. The number of amides is 1. The Labute approximate surface area is 132 Å². The van der Waals surface area contributed by atoms with E-state index in [0.717, 1.165) is 4.88 Å². The van der Waals surface area contributed by atoms with Gasteiger partial charge in [0.25, 0.3) is 0 Å². The lowest BCUT2D eigenvalue weighted by molar-refractivity contribution is -0.141. The second-order valence-corrected chi connectivity index (χ2v) is 6.85. The predicted octanol–water partition coefficient (Wildman–Crippen LogP) is 1.90. The molecule has 1 aliphatic heterocycles. The number of amidine groups is 1. The molecule has 0 spiro atoms. The van der Waals surface area contributed by atoms with Crippen LogP contribution in [0.25, 0.3) is 0 Å². The monoisotopic (exact) mass is 331 g/mol. The van der Waals surface area contributed by atoms with Crippen LogP contribution < -0.4 is 5.73 Å². The van der Waals surface area contributed by atoms with E-state index in [2.05, 4.69) is 5.16 Å². The van der Waals surface area contributed by atoms with Crippen molar-refractivity contribution < 1.29 is 14.7 Å². The van der Waals surface area contributed by atoms with Crippen LogP contribution in [0.1, 0.15) is 17.7 Å². The molecule has 2 rings (SSSR count). The van der Waals surface area contributed by atoms with Crippen molar-refractivity contribution in [1.29, 1.82) is 0 Å². The summed E-state index contributed by atoms with van der Waals surface area (Å²) in [5.41, 5.74) is 4.81. The SMILES string of the molecule is CN(Cc1ccc(Cl)s1)C(=O)C1(C(N)=NO)CCOCC1. The van der Waals surface area contributed by atoms with Crippen LogP contribution in [0.3, 0.4) is 0 Å². The summed E-state index contributed by atoms with van der Waals surface area (Å²) in [5, 5.41) is 12.1. The van der Waals surface area contributed by atoms with Crippen LogP contribution in [0.2, 0.25) is 4.34 Å². The van der Waals surface area contributed by atoms with Gasteiger partial charge < -0.3 is 20.6 Å². The van der Waals surface area contributed by atoms with Gasteiger partial charge in [0.2, 0.25) is 5.91 Å². The molecule has 8 heteroatoms. The molecule has 116 valence electrons. The highest BCUT2D eigenvalue weighted by Gasteiger charge is 2.46. The average Bonchev–Trinajstić information content (AvgIpc) is 2.91. The van der Waals surface area contributed by atoms with E-state index in [1.165, 1.54) is 11.3 Å². The van der Waals surface area contributed by atoms with Crippen molar-refractivity contribution in [2.45, 2.75) is 19.4 Å². The summed E-state index contributed by atoms with van der Waals surface area (Å²) >= 11 is 7.33. The molecule has 0 saturated carbocycles. The van der Waals surface area contributed by atoms with Crippen LogP contribution >= 0.6 is 22.9 Å². The topological polar surface area (TPSA) is 88.2 Å². The second-order valence-electron chi connectivity index (χ2n) is 5.05. The third-order valence-corrected chi connectivity index (χ3v) is 4.94. The fraction of sp³-hybridized carbons (Fsp3) is 0.538. The number of carbonyl (C=O) groups is 1. The van der Waals surface area contributed by atoms with Gasteiger partial charge in [-0.2, -0.15) is 0 Å². The van der Waals surface area contributed by atoms with Crippen molar-refractivity contribution in [3.05, 3.63) is 21.3 Å². The van der Waals surface area contributed by atoms with Gasteiger partial charge in [-0.25, -0.2) is 0 Å². The van der Waals surface area contributed by atoms with E-state index in [9.17, 15) is 4.79 Å². The first-order valence-corrected chi connectivity index (χ1v) is 7.74. The first-order chi connectivity index (χ1) is 9.99. The largest absolute Gasteiger partial charge is 0.409 e. The summed E-state index contributed by atoms with van der Waals surface area (Å²) in [6.07, 6.45) is 0.828. The normalized spacial score (nSPS) is 18.5. The summed E-state index contributed by atoms with van der Waals surface area (Å²) in [6.45, 7) is 1.28. The zero-order chi connectivity index (χ0) is 15.5. The fourth-order valence-corrected chi connectivity index (χ4v) is 3.64. The van der Waals surface area contributed by atoms with Gasteiger partial charge in [-0.05, 0) is 25.0 Å². The predicted molar refractivity (Wildman–Crippen MR) is 81.7 cm³/mol. The molecule has 0 aromatic carbocycles. The van der Waals surface area contributed by atoms with Gasteiger partial charge in [-0.1, -0.05) is 16.8 Å². The summed E-state index contributed by atoms with van der Waals surface area (Å²) in [5.74, 6) is -0.211. The minimum absolute atomic E-state index is 0.0492. The number of rotatable bonds is 4. The van der Waals surface area contributed by atoms with E-state index in [1.807, 2.05) is 6.07 Å². The molecular formula is C13H18ClN3O3S. The first kappa shape index (κ1) is 16.1. The number of oxime groups is 1. The molecule has 1 saturated heterocycles. The number of nitrogens with two attached hydrogens (primary N) is 1. The summed E-state index contributed by atoms with van der Waals surface area (Å²) in [7, 11) is 1.71. The summed E-state index contributed by atoms with van der Waals surface area (Å²) in [4.78, 5) is 15.4. The van der Waals surface area contributed by atoms with Crippen molar-refractivity contribution in [2.75, 3.05) is 20.3 Å². The van der Waals surface area contributed by atoms with E-state index in [-0.39, 0.29) is 11.7 Å². The third-order valence-electron chi connectivity index (χ3n) is 3.72. The van der Waals surface area contributed by atoms with Crippen LogP contribution in [-0.4, -0.2) is 42.1 Å². The Morgan fingerprint density at radius 1 is 1.57 bits per heavy atom. The lowest BCUT2D eigenvalue weighted by Crippen LogP contribution is -2.52. The quantitative estimate of drug-likeness (QED) is 0.382. The molecule has 1 aromatic heterocycles. The molecular weight excluding hydrogens is 314 g/mol. The Kier molecular flexibility index (Phi) is 5.08. The second kappa shape index (κ2) is 6.64. The van der Waals surface area contributed by atoms with E-state index < -0.39 is 5.41 Å². The summed E-state index contributed by atoms with van der Waals surface area (Å²) < 4.78 is 5.98. The lowest BCUT2D eigenvalue weighted by Gasteiger charge is -2.37. The van der Waals surface area contributed by atoms with Crippen molar-refractivity contribution in [2.24, 2.45) is 16.3 Å².